The van der Waals surface area contributed by atoms with Crippen LogP contribution in [-0.4, -0.2) is 5.29 Å². The van der Waals surface area contributed by atoms with E-state index in [1.807, 2.05) is 0 Å². The fraction of sp³-hybridized carbons (Fsp3) is 0. The Hall–Kier alpha value is -0.640. The number of hydrogen-bond acceptors (Lipinski definition) is 4. The fourth-order valence-corrected chi connectivity index (χ4v) is 0.219. The van der Waals surface area contributed by atoms with Gasteiger partial charge in [-0.2, -0.15) is 0 Å². The topological polar surface area (TPSA) is 50.9 Å². The summed E-state index contributed by atoms with van der Waals surface area (Å²) in [4.78, 5) is 0. The van der Waals surface area contributed by atoms with E-state index in [0.29, 0.717) is 0 Å². The first kappa shape index (κ1) is 3.55. The van der Waals surface area contributed by atoms with Crippen LogP contribution in [0.15, 0.2) is 10.3 Å². The van der Waals surface area contributed by atoms with Crippen LogP contribution in [0.4, 0.5) is 0 Å². The Morgan fingerprint density at radius 3 is 2.83 bits per heavy atom. The summed E-state index contributed by atoms with van der Waals surface area (Å²) in [5, 5.41) is 9.82. The molecule has 1 heterocycles. The zero-order chi connectivity index (χ0) is 4.41. The predicted molar refractivity (Wildman–Crippen MR) is 21.0 cm³/mol. The first-order valence-corrected chi connectivity index (χ1v) is 1.66. The van der Waals surface area contributed by atoms with Crippen molar-refractivity contribution in [2.24, 2.45) is 10.3 Å². The quantitative estimate of drug-likeness (QED) is 0.425. The zero-order valence-electron chi connectivity index (χ0n) is 2.72. The largest absolute Gasteiger partial charge is 0.379 e. The van der Waals surface area contributed by atoms with E-state index in [-0.39, 0.29) is 5.29 Å². The summed E-state index contributed by atoms with van der Waals surface area (Å²) < 4.78 is 0. The normalized spacial score (nSPS) is 17.2. The Morgan fingerprint density at radius 2 is 2.67 bits per heavy atom. The van der Waals surface area contributed by atoms with Gasteiger partial charge < -0.3 is 0 Å². The molecule has 0 unspecified atom stereocenters. The van der Waals surface area contributed by atoms with Crippen LogP contribution in [0.2, 0.25) is 0 Å². The number of nitrogens with zero attached hydrogens (tertiary/aromatic N) is 3. The Morgan fingerprint density at radius 1 is 1.83 bits per heavy atom. The minimum absolute atomic E-state index is 0.218. The maximum absolute atomic E-state index is 5.16. The standard InChI is InChI=1S/CHClN4/c2-1-3-5-6-4-1/h(H,3,4,5)/q+1. The highest BCUT2D eigenvalue weighted by atomic mass is 35.5. The van der Waals surface area contributed by atoms with Crippen molar-refractivity contribution in [2.75, 3.05) is 0 Å². The summed E-state index contributed by atoms with van der Waals surface area (Å²) in [6.07, 6.45) is 0. The van der Waals surface area contributed by atoms with Crippen molar-refractivity contribution in [3.05, 3.63) is 0 Å². The van der Waals surface area contributed by atoms with Crippen molar-refractivity contribution in [1.82, 2.24) is 10.6 Å². The van der Waals surface area contributed by atoms with E-state index in [0.717, 1.165) is 0 Å². The van der Waals surface area contributed by atoms with Gasteiger partial charge in [-0.05, 0) is 11.6 Å². The van der Waals surface area contributed by atoms with Crippen molar-refractivity contribution >= 4 is 16.9 Å². The summed E-state index contributed by atoms with van der Waals surface area (Å²) >= 11 is 5.16. The molecule has 1 aliphatic rings. The van der Waals surface area contributed by atoms with E-state index >= 15 is 0 Å². The molecule has 5 heteroatoms. The third kappa shape index (κ3) is 0.463. The molecular formula is CHClN4+. The van der Waals surface area contributed by atoms with E-state index in [1.165, 1.54) is 0 Å². The molecule has 0 aromatic carbocycles. The summed E-state index contributed by atoms with van der Waals surface area (Å²) in [6.45, 7) is 0. The number of nitrogens with one attached hydrogen (secondary N) is 1. The van der Waals surface area contributed by atoms with Gasteiger partial charge >= 0.3 is 5.29 Å². The first-order valence-electron chi connectivity index (χ1n) is 1.29. The van der Waals surface area contributed by atoms with Gasteiger partial charge in [-0.15, -0.1) is 5.43 Å². The minimum Gasteiger partial charge on any atom is -0.108 e. The summed E-state index contributed by atoms with van der Waals surface area (Å²) in [7, 11) is 0. The summed E-state index contributed by atoms with van der Waals surface area (Å²) in [6, 6.07) is 0. The van der Waals surface area contributed by atoms with E-state index in [1.54, 1.807) is 0 Å². The molecule has 1 radical (unpaired) electrons. The van der Waals surface area contributed by atoms with Crippen molar-refractivity contribution in [2.45, 2.75) is 0 Å². The molecule has 0 spiro atoms. The highest BCUT2D eigenvalue weighted by molar-refractivity contribution is 6.64. The molecule has 0 aromatic rings. The molecule has 0 bridgehead atoms. The van der Waals surface area contributed by atoms with Gasteiger partial charge in [-0.3, -0.25) is 0 Å². The van der Waals surface area contributed by atoms with Crippen LogP contribution < -0.4 is 10.6 Å². The third-order valence-electron chi connectivity index (χ3n) is 0.319. The molecule has 4 nitrogen and oxygen atoms in total. The minimum atomic E-state index is 0.218. The van der Waals surface area contributed by atoms with Gasteiger partial charge in [0.15, 0.2) is 5.22 Å². The number of rotatable bonds is 0. The van der Waals surface area contributed by atoms with Crippen LogP contribution in [0.1, 0.15) is 0 Å². The van der Waals surface area contributed by atoms with E-state index in [4.69, 9.17) is 11.6 Å². The molecule has 1 N–H and O–H groups in total. The monoisotopic (exact) mass is 104 g/mol. The van der Waals surface area contributed by atoms with Crippen LogP contribution in [0.25, 0.3) is 0 Å². The summed E-state index contributed by atoms with van der Waals surface area (Å²) in [5.74, 6) is 0. The molecule has 0 amide bonds. The van der Waals surface area contributed by atoms with Gasteiger partial charge in [0.05, 0.1) is 0 Å². The molecule has 0 fully saturated rings. The first-order chi connectivity index (χ1) is 2.89. The van der Waals surface area contributed by atoms with Crippen LogP contribution >= 0.6 is 11.6 Å². The van der Waals surface area contributed by atoms with E-state index < -0.39 is 0 Å². The lowest BCUT2D eigenvalue weighted by molar-refractivity contribution is 0.822. The molecule has 31 valence electrons. The lowest BCUT2D eigenvalue weighted by atomic mass is 11.3. The van der Waals surface area contributed by atoms with Crippen molar-refractivity contribution in [3.8, 4) is 0 Å². The van der Waals surface area contributed by atoms with Crippen molar-refractivity contribution < 1.29 is 0 Å². The Kier molecular flexibility index (Phi) is 0.719. The Balaban J connectivity index is 2.61. The average Bonchev–Trinajstić information content (AvgIpc) is 1.86. The van der Waals surface area contributed by atoms with Gasteiger partial charge in [0.25, 0.3) is 0 Å². The molecule has 0 saturated heterocycles. The van der Waals surface area contributed by atoms with Crippen molar-refractivity contribution in [1.29, 1.82) is 0 Å². The molecule has 0 saturated carbocycles. The van der Waals surface area contributed by atoms with Gasteiger partial charge in [-0.1, -0.05) is 0 Å². The van der Waals surface area contributed by atoms with Gasteiger partial charge in [0, 0.05) is 0 Å². The third-order valence-corrected chi connectivity index (χ3v) is 0.480. The molecule has 0 atom stereocenters. The van der Waals surface area contributed by atoms with E-state index in [2.05, 4.69) is 21.0 Å². The lowest BCUT2D eigenvalue weighted by Crippen LogP contribution is -2.12. The Labute approximate surface area is 38.9 Å². The maximum Gasteiger partial charge on any atom is 0.379 e. The molecule has 6 heavy (non-hydrogen) atoms. The second-order valence-electron chi connectivity index (χ2n) is 0.692. The number of hydrogen-bond donors (Lipinski definition) is 1. The fourth-order valence-electron chi connectivity index (χ4n) is 0.148. The highest BCUT2D eigenvalue weighted by Gasteiger charge is 2.07. The SMILES string of the molecule is ClC1=NN=[N+]N1. The van der Waals surface area contributed by atoms with Crippen LogP contribution in [-0.2, 0) is 0 Å². The van der Waals surface area contributed by atoms with Gasteiger partial charge in [0.1, 0.15) is 5.10 Å². The second kappa shape index (κ2) is 1.22. The van der Waals surface area contributed by atoms with Crippen LogP contribution in [0, 0.1) is 0 Å². The zero-order valence-corrected chi connectivity index (χ0v) is 3.48. The maximum atomic E-state index is 5.16. The molecule has 0 aliphatic carbocycles. The average molecular weight is 104 g/mol. The number of halogens is 1. The number of amidine groups is 1. The second-order valence-corrected chi connectivity index (χ2v) is 1.05. The van der Waals surface area contributed by atoms with Crippen LogP contribution in [0.5, 0.6) is 0 Å². The Bertz CT molecular complexity index is 104. The predicted octanol–water partition coefficient (Wildman–Crippen LogP) is -0.198. The van der Waals surface area contributed by atoms with Gasteiger partial charge in [0.2, 0.25) is 5.22 Å². The highest BCUT2D eigenvalue weighted by Crippen LogP contribution is 1.82. The summed E-state index contributed by atoms with van der Waals surface area (Å²) in [5.41, 5.74) is 2.29. The van der Waals surface area contributed by atoms with Crippen molar-refractivity contribution in [3.63, 3.8) is 0 Å². The smallest absolute Gasteiger partial charge is 0.108 e. The molecule has 1 rings (SSSR count). The molecule has 0 aromatic heterocycles. The van der Waals surface area contributed by atoms with Crippen LogP contribution in [0.3, 0.4) is 0 Å². The van der Waals surface area contributed by atoms with Gasteiger partial charge in [-0.25, -0.2) is 0 Å². The molecular weight excluding hydrogens is 103 g/mol. The lowest BCUT2D eigenvalue weighted by Gasteiger charge is -1.60. The molecule has 1 aliphatic heterocycles. The van der Waals surface area contributed by atoms with E-state index in [9.17, 15) is 0 Å².